The number of aryl methyl sites for hydroxylation is 1. The van der Waals surface area contributed by atoms with Crippen molar-refractivity contribution >= 4 is 16.9 Å². The molecule has 1 unspecified atom stereocenters. The van der Waals surface area contributed by atoms with E-state index in [0.29, 0.717) is 25.7 Å². The van der Waals surface area contributed by atoms with E-state index in [2.05, 4.69) is 40.7 Å². The van der Waals surface area contributed by atoms with E-state index in [0.717, 1.165) is 41.8 Å². The van der Waals surface area contributed by atoms with Gasteiger partial charge in [0.2, 0.25) is 0 Å². The molecule has 6 nitrogen and oxygen atoms in total. The first-order chi connectivity index (χ1) is 14.7. The summed E-state index contributed by atoms with van der Waals surface area (Å²) in [6.45, 7) is 3.82. The van der Waals surface area contributed by atoms with Crippen molar-refractivity contribution in [2.75, 3.05) is 19.8 Å². The zero-order chi connectivity index (χ0) is 20.5. The maximum absolute atomic E-state index is 12.6. The number of ether oxygens (including phenoxy) is 2. The van der Waals surface area contributed by atoms with Crippen LogP contribution in [-0.2, 0) is 6.42 Å². The number of amides is 2. The predicted molar refractivity (Wildman–Crippen MR) is 116 cm³/mol. The van der Waals surface area contributed by atoms with E-state index in [-0.39, 0.29) is 12.1 Å². The molecule has 3 aromatic rings. The molecular formula is C24H27N3O3. The Hall–Kier alpha value is -3.15. The molecular weight excluding hydrogens is 378 g/mol. The van der Waals surface area contributed by atoms with Gasteiger partial charge in [-0.3, -0.25) is 0 Å². The van der Waals surface area contributed by atoms with E-state index in [9.17, 15) is 4.79 Å². The smallest absolute Gasteiger partial charge is 0.315 e. The number of hydrogen-bond donors (Lipinski definition) is 3. The molecule has 156 valence electrons. The van der Waals surface area contributed by atoms with Gasteiger partial charge in [-0.25, -0.2) is 4.79 Å². The molecule has 1 aromatic heterocycles. The van der Waals surface area contributed by atoms with Crippen molar-refractivity contribution in [1.29, 1.82) is 0 Å². The number of H-pyrrole nitrogens is 1. The molecule has 30 heavy (non-hydrogen) atoms. The second-order valence-corrected chi connectivity index (χ2v) is 8.23. The fourth-order valence-electron chi connectivity index (χ4n) is 4.17. The number of carbonyl (C=O) groups excluding carboxylic acids is 1. The van der Waals surface area contributed by atoms with Crippen LogP contribution in [0.25, 0.3) is 10.9 Å². The van der Waals surface area contributed by atoms with Crippen molar-refractivity contribution < 1.29 is 14.3 Å². The van der Waals surface area contributed by atoms with Gasteiger partial charge in [0.1, 0.15) is 13.2 Å². The Morgan fingerprint density at radius 3 is 2.80 bits per heavy atom. The van der Waals surface area contributed by atoms with Gasteiger partial charge in [0.05, 0.1) is 6.04 Å². The molecule has 1 aliphatic carbocycles. The third-order valence-electron chi connectivity index (χ3n) is 5.91. The van der Waals surface area contributed by atoms with E-state index >= 15 is 0 Å². The minimum absolute atomic E-state index is 0.00288. The van der Waals surface area contributed by atoms with E-state index in [4.69, 9.17) is 9.47 Å². The van der Waals surface area contributed by atoms with Crippen LogP contribution in [0.4, 0.5) is 4.79 Å². The Labute approximate surface area is 176 Å². The van der Waals surface area contributed by atoms with E-state index in [1.807, 2.05) is 24.4 Å². The van der Waals surface area contributed by atoms with Gasteiger partial charge in [-0.1, -0.05) is 18.2 Å². The van der Waals surface area contributed by atoms with Crippen molar-refractivity contribution in [3.63, 3.8) is 0 Å². The first-order valence-corrected chi connectivity index (χ1v) is 10.7. The van der Waals surface area contributed by atoms with Crippen LogP contribution < -0.4 is 20.1 Å². The first-order valence-electron chi connectivity index (χ1n) is 10.7. The topological polar surface area (TPSA) is 75.4 Å². The zero-order valence-corrected chi connectivity index (χ0v) is 17.2. The molecule has 2 heterocycles. The van der Waals surface area contributed by atoms with Gasteiger partial charge in [0.25, 0.3) is 0 Å². The molecule has 1 atom stereocenters. The zero-order valence-electron chi connectivity index (χ0n) is 17.2. The third-order valence-corrected chi connectivity index (χ3v) is 5.91. The Bertz CT molecular complexity index is 1070. The van der Waals surface area contributed by atoms with Crippen molar-refractivity contribution in [1.82, 2.24) is 15.6 Å². The summed E-state index contributed by atoms with van der Waals surface area (Å²) in [6, 6.07) is 12.3. The largest absolute Gasteiger partial charge is 0.486 e. The maximum Gasteiger partial charge on any atom is 0.315 e. The summed E-state index contributed by atoms with van der Waals surface area (Å²) in [7, 11) is 0. The number of urea groups is 1. The number of aromatic amines is 1. The summed E-state index contributed by atoms with van der Waals surface area (Å²) in [4.78, 5) is 15.9. The van der Waals surface area contributed by atoms with E-state index in [1.165, 1.54) is 16.5 Å². The Kier molecular flexibility index (Phi) is 4.99. The van der Waals surface area contributed by atoms with Crippen LogP contribution in [0, 0.1) is 12.8 Å². The van der Waals surface area contributed by atoms with Gasteiger partial charge in [-0.05, 0) is 67.0 Å². The first kappa shape index (κ1) is 18.9. The van der Waals surface area contributed by atoms with E-state index in [1.54, 1.807) is 0 Å². The highest BCUT2D eigenvalue weighted by Gasteiger charge is 2.34. The minimum Gasteiger partial charge on any atom is -0.486 e. The maximum atomic E-state index is 12.6. The highest BCUT2D eigenvalue weighted by atomic mass is 16.6. The predicted octanol–water partition coefficient (Wildman–Crippen LogP) is 4.24. The summed E-state index contributed by atoms with van der Waals surface area (Å²) in [6.07, 6.45) is 5.09. The summed E-state index contributed by atoms with van der Waals surface area (Å²) < 4.78 is 11.3. The molecule has 0 spiro atoms. The summed E-state index contributed by atoms with van der Waals surface area (Å²) in [5.41, 5.74) is 4.67. The average Bonchev–Trinajstić information content (AvgIpc) is 3.53. The molecule has 0 radical (unpaired) electrons. The monoisotopic (exact) mass is 405 g/mol. The van der Waals surface area contributed by atoms with Gasteiger partial charge >= 0.3 is 6.03 Å². The van der Waals surface area contributed by atoms with Gasteiger partial charge in [-0.2, -0.15) is 0 Å². The third kappa shape index (κ3) is 3.95. The number of carbonyl (C=O) groups is 1. The van der Waals surface area contributed by atoms with Crippen molar-refractivity contribution in [2.45, 2.75) is 32.2 Å². The molecule has 2 aliphatic rings. The van der Waals surface area contributed by atoms with Crippen molar-refractivity contribution in [3.05, 3.63) is 59.3 Å². The number of nitrogens with one attached hydrogen (secondary N) is 3. The van der Waals surface area contributed by atoms with Crippen LogP contribution in [-0.4, -0.2) is 30.8 Å². The highest BCUT2D eigenvalue weighted by Crippen LogP contribution is 2.43. The lowest BCUT2D eigenvalue weighted by molar-refractivity contribution is 0.171. The minimum atomic E-state index is -0.127. The molecule has 0 bridgehead atoms. The van der Waals surface area contributed by atoms with Gasteiger partial charge in [-0.15, -0.1) is 0 Å². The van der Waals surface area contributed by atoms with Gasteiger partial charge in [0.15, 0.2) is 11.5 Å². The van der Waals surface area contributed by atoms with Crippen LogP contribution in [0.5, 0.6) is 11.5 Å². The van der Waals surface area contributed by atoms with Crippen molar-refractivity contribution in [2.24, 2.45) is 5.92 Å². The standard InChI is InChI=1S/C24H27N3O3/c1-15-2-6-19-18(14-26-20(19)12-15)8-9-25-24(28)27-23(16-3-4-16)17-5-7-21-22(13-17)30-11-10-29-21/h2,5-7,12-14,16,23,26H,3-4,8-11H2,1H3,(H2,25,27,28). The lowest BCUT2D eigenvalue weighted by Crippen LogP contribution is -2.39. The number of rotatable bonds is 6. The fourth-order valence-corrected chi connectivity index (χ4v) is 4.17. The molecule has 2 aromatic carbocycles. The second-order valence-electron chi connectivity index (χ2n) is 8.23. The average molecular weight is 405 g/mol. The Balaban J connectivity index is 1.20. The van der Waals surface area contributed by atoms with Gasteiger partial charge < -0.3 is 25.1 Å². The Morgan fingerprint density at radius 2 is 1.97 bits per heavy atom. The van der Waals surface area contributed by atoms with Crippen LogP contribution >= 0.6 is 0 Å². The van der Waals surface area contributed by atoms with Crippen LogP contribution in [0.15, 0.2) is 42.6 Å². The summed E-state index contributed by atoms with van der Waals surface area (Å²) >= 11 is 0. The number of hydrogen-bond acceptors (Lipinski definition) is 3. The Morgan fingerprint density at radius 1 is 1.13 bits per heavy atom. The molecule has 0 saturated heterocycles. The van der Waals surface area contributed by atoms with Crippen molar-refractivity contribution in [3.8, 4) is 11.5 Å². The quantitative estimate of drug-likeness (QED) is 0.574. The van der Waals surface area contributed by atoms with Crippen LogP contribution in [0.3, 0.4) is 0 Å². The van der Waals surface area contributed by atoms with Gasteiger partial charge in [0, 0.05) is 23.6 Å². The molecule has 3 N–H and O–H groups in total. The molecule has 6 heteroatoms. The highest BCUT2D eigenvalue weighted by molar-refractivity contribution is 5.84. The van der Waals surface area contributed by atoms with Crippen LogP contribution in [0.2, 0.25) is 0 Å². The molecule has 1 fully saturated rings. The summed E-state index contributed by atoms with van der Waals surface area (Å²) in [5, 5.41) is 7.41. The molecule has 5 rings (SSSR count). The molecule has 1 saturated carbocycles. The normalized spacial score (nSPS) is 16.3. The number of aromatic nitrogens is 1. The second kappa shape index (κ2) is 7.94. The molecule has 2 amide bonds. The SMILES string of the molecule is Cc1ccc2c(CCNC(=O)NC(c3ccc4c(c3)OCCO4)C3CC3)c[nH]c2c1. The summed E-state index contributed by atoms with van der Waals surface area (Å²) in [5.74, 6) is 2.02. The number of benzene rings is 2. The van der Waals surface area contributed by atoms with E-state index < -0.39 is 0 Å². The van der Waals surface area contributed by atoms with Crippen LogP contribution in [0.1, 0.15) is 35.6 Å². The lowest BCUT2D eigenvalue weighted by atomic mass is 10.0. The molecule has 1 aliphatic heterocycles. The lowest BCUT2D eigenvalue weighted by Gasteiger charge is -2.23. The fraction of sp³-hybridized carbons (Fsp3) is 0.375. The number of fused-ring (bicyclic) bond motifs is 2.